The van der Waals surface area contributed by atoms with Gasteiger partial charge in [-0.2, -0.15) is 0 Å². The van der Waals surface area contributed by atoms with Crippen molar-refractivity contribution >= 4 is 23.2 Å². The summed E-state index contributed by atoms with van der Waals surface area (Å²) in [4.78, 5) is 0. The fourth-order valence-corrected chi connectivity index (χ4v) is 2.35. The van der Waals surface area contributed by atoms with E-state index < -0.39 is 0 Å². The maximum absolute atomic E-state index is 5.88. The topological polar surface area (TPSA) is 26.0 Å². The highest BCUT2D eigenvalue weighted by molar-refractivity contribution is 5.87. The third-order valence-electron chi connectivity index (χ3n) is 3.52. The Morgan fingerprint density at radius 2 is 1.35 bits per heavy atom. The highest BCUT2D eigenvalue weighted by Gasteiger charge is 2.02. The second-order valence-corrected chi connectivity index (χ2v) is 4.97. The molecule has 0 aromatic heterocycles. The minimum Gasteiger partial charge on any atom is -0.324 e. The summed E-state index contributed by atoms with van der Waals surface area (Å²) in [6.45, 7) is 2.00. The lowest BCUT2D eigenvalue weighted by molar-refractivity contribution is 0.818. The van der Waals surface area contributed by atoms with E-state index in [1.54, 1.807) is 0 Å². The summed E-state index contributed by atoms with van der Waals surface area (Å²) in [6, 6.07) is 23.6. The maximum atomic E-state index is 5.88. The molecule has 0 unspecified atom stereocenters. The molecule has 1 atom stereocenters. The van der Waals surface area contributed by atoms with E-state index in [0.717, 1.165) is 0 Å². The van der Waals surface area contributed by atoms with Crippen molar-refractivity contribution < 1.29 is 0 Å². The quantitative estimate of drug-likeness (QED) is 0.708. The number of nitrogens with two attached hydrogens (primary N) is 1. The number of hydrogen-bond donors (Lipinski definition) is 1. The van der Waals surface area contributed by atoms with Crippen LogP contribution in [0.4, 0.5) is 0 Å². The Morgan fingerprint density at radius 1 is 0.750 bits per heavy atom. The summed E-state index contributed by atoms with van der Waals surface area (Å²) in [5.74, 6) is 0. The highest BCUT2D eigenvalue weighted by atomic mass is 35.5. The van der Waals surface area contributed by atoms with Crippen LogP contribution in [0.3, 0.4) is 0 Å². The van der Waals surface area contributed by atoms with Gasteiger partial charge < -0.3 is 5.73 Å². The van der Waals surface area contributed by atoms with Gasteiger partial charge >= 0.3 is 0 Å². The first-order valence-corrected chi connectivity index (χ1v) is 6.59. The summed E-state index contributed by atoms with van der Waals surface area (Å²) in [5.41, 5.74) is 9.52. The summed E-state index contributed by atoms with van der Waals surface area (Å²) >= 11 is 0. The predicted molar refractivity (Wildman–Crippen MR) is 89.2 cm³/mol. The van der Waals surface area contributed by atoms with E-state index in [1.807, 2.05) is 6.92 Å². The van der Waals surface area contributed by atoms with Crippen LogP contribution in [0, 0.1) is 0 Å². The van der Waals surface area contributed by atoms with Gasteiger partial charge in [-0.05, 0) is 40.5 Å². The fourth-order valence-electron chi connectivity index (χ4n) is 2.35. The normalized spacial score (nSPS) is 11.9. The van der Waals surface area contributed by atoms with Gasteiger partial charge in [0.2, 0.25) is 0 Å². The van der Waals surface area contributed by atoms with Gasteiger partial charge in [-0.25, -0.2) is 0 Å². The van der Waals surface area contributed by atoms with Gasteiger partial charge in [0.25, 0.3) is 0 Å². The van der Waals surface area contributed by atoms with Crippen molar-refractivity contribution in [1.82, 2.24) is 0 Å². The zero-order valence-electron chi connectivity index (χ0n) is 11.4. The largest absolute Gasteiger partial charge is 0.324 e. The van der Waals surface area contributed by atoms with Crippen LogP contribution in [0.15, 0.2) is 66.7 Å². The molecule has 3 aromatic rings. The molecule has 0 amide bonds. The van der Waals surface area contributed by atoms with Gasteiger partial charge in [0.15, 0.2) is 0 Å². The van der Waals surface area contributed by atoms with Crippen LogP contribution in [-0.2, 0) is 0 Å². The van der Waals surface area contributed by atoms with Crippen molar-refractivity contribution in [2.45, 2.75) is 13.0 Å². The predicted octanol–water partition coefficient (Wildman–Crippen LogP) is 4.95. The minimum absolute atomic E-state index is 0. The van der Waals surface area contributed by atoms with E-state index in [9.17, 15) is 0 Å². The molecule has 0 fully saturated rings. The number of rotatable bonds is 2. The van der Waals surface area contributed by atoms with Crippen molar-refractivity contribution in [3.05, 3.63) is 72.3 Å². The molecule has 3 aromatic carbocycles. The fraction of sp³-hybridized carbons (Fsp3) is 0.111. The smallest absolute Gasteiger partial charge is 0.0266 e. The molecule has 0 heterocycles. The highest BCUT2D eigenvalue weighted by Crippen LogP contribution is 2.25. The molecule has 0 radical (unpaired) electrons. The van der Waals surface area contributed by atoms with Gasteiger partial charge in [-0.15, -0.1) is 12.4 Å². The average molecular weight is 284 g/mol. The monoisotopic (exact) mass is 283 g/mol. The lowest BCUT2D eigenvalue weighted by Gasteiger charge is -2.08. The third kappa shape index (κ3) is 2.84. The van der Waals surface area contributed by atoms with E-state index in [4.69, 9.17) is 5.73 Å². The lowest BCUT2D eigenvalue weighted by atomic mass is 9.99. The second-order valence-electron chi connectivity index (χ2n) is 4.97. The first kappa shape index (κ1) is 14.6. The summed E-state index contributed by atoms with van der Waals surface area (Å²) < 4.78 is 0. The molecule has 0 aliphatic carbocycles. The molecule has 0 bridgehead atoms. The Kier molecular flexibility index (Phi) is 4.43. The van der Waals surface area contributed by atoms with E-state index in [2.05, 4.69) is 66.7 Å². The molecular weight excluding hydrogens is 266 g/mol. The van der Waals surface area contributed by atoms with Crippen LogP contribution in [0.5, 0.6) is 0 Å². The molecule has 3 rings (SSSR count). The summed E-state index contributed by atoms with van der Waals surface area (Å²) in [5, 5.41) is 2.55. The molecule has 20 heavy (non-hydrogen) atoms. The Hall–Kier alpha value is -1.83. The number of hydrogen-bond acceptors (Lipinski definition) is 1. The van der Waals surface area contributed by atoms with E-state index in [1.165, 1.54) is 27.5 Å². The molecule has 2 heteroatoms. The second kappa shape index (κ2) is 6.08. The third-order valence-corrected chi connectivity index (χ3v) is 3.52. The van der Waals surface area contributed by atoms with Gasteiger partial charge in [0.05, 0.1) is 0 Å². The minimum atomic E-state index is 0. The van der Waals surface area contributed by atoms with Crippen molar-refractivity contribution in [3.63, 3.8) is 0 Å². The van der Waals surface area contributed by atoms with Crippen LogP contribution >= 0.6 is 12.4 Å². The molecule has 0 saturated heterocycles. The first-order valence-electron chi connectivity index (χ1n) is 6.59. The zero-order valence-corrected chi connectivity index (χ0v) is 12.2. The van der Waals surface area contributed by atoms with Crippen LogP contribution in [0.1, 0.15) is 18.5 Å². The molecule has 102 valence electrons. The van der Waals surface area contributed by atoms with Crippen LogP contribution < -0.4 is 5.73 Å². The Labute approximate surface area is 125 Å². The molecule has 0 aliphatic rings. The molecule has 0 saturated carbocycles. The van der Waals surface area contributed by atoms with Crippen molar-refractivity contribution in [2.24, 2.45) is 5.73 Å². The number of fused-ring (bicyclic) bond motifs is 1. The maximum Gasteiger partial charge on any atom is 0.0266 e. The van der Waals surface area contributed by atoms with Crippen molar-refractivity contribution in [1.29, 1.82) is 0 Å². The standard InChI is InChI=1S/C18H17N.ClH/c1-13(19)14-6-8-16(9-7-14)18-11-10-15-4-2-3-5-17(15)12-18;/h2-13H,19H2,1H3;1H/t13-;/m0./s1. The van der Waals surface area contributed by atoms with Crippen LogP contribution in [0.25, 0.3) is 21.9 Å². The lowest BCUT2D eigenvalue weighted by Crippen LogP contribution is -2.04. The Balaban J connectivity index is 0.00000147. The zero-order chi connectivity index (χ0) is 13.2. The molecule has 0 spiro atoms. The van der Waals surface area contributed by atoms with Crippen molar-refractivity contribution in [2.75, 3.05) is 0 Å². The van der Waals surface area contributed by atoms with Gasteiger partial charge in [-0.3, -0.25) is 0 Å². The number of halogens is 1. The first-order chi connectivity index (χ1) is 9.24. The molecule has 1 nitrogen and oxygen atoms in total. The van der Waals surface area contributed by atoms with E-state index >= 15 is 0 Å². The van der Waals surface area contributed by atoms with Gasteiger partial charge in [0, 0.05) is 6.04 Å². The van der Waals surface area contributed by atoms with Gasteiger partial charge in [0.1, 0.15) is 0 Å². The van der Waals surface area contributed by atoms with Crippen LogP contribution in [0.2, 0.25) is 0 Å². The van der Waals surface area contributed by atoms with Crippen molar-refractivity contribution in [3.8, 4) is 11.1 Å². The molecule has 0 aliphatic heterocycles. The Morgan fingerprint density at radius 3 is 2.00 bits per heavy atom. The average Bonchev–Trinajstić information content (AvgIpc) is 2.47. The van der Waals surface area contributed by atoms with E-state index in [0.29, 0.717) is 0 Å². The number of benzene rings is 3. The molecular formula is C18H18ClN. The Bertz CT molecular complexity index is 702. The van der Waals surface area contributed by atoms with Gasteiger partial charge in [-0.1, -0.05) is 60.7 Å². The van der Waals surface area contributed by atoms with Crippen LogP contribution in [-0.4, -0.2) is 0 Å². The van der Waals surface area contributed by atoms with E-state index in [-0.39, 0.29) is 18.4 Å². The SMILES string of the molecule is C[C@H](N)c1ccc(-c2ccc3ccccc3c2)cc1.Cl. The molecule has 2 N–H and O–H groups in total. The summed E-state index contributed by atoms with van der Waals surface area (Å²) in [6.07, 6.45) is 0. The summed E-state index contributed by atoms with van der Waals surface area (Å²) in [7, 11) is 0.